The number of aromatic amines is 1. The highest BCUT2D eigenvalue weighted by atomic mass is 35.5. The molecule has 0 atom stereocenters. The molecule has 0 bridgehead atoms. The molecule has 1 aliphatic rings. The van der Waals surface area contributed by atoms with Crippen molar-refractivity contribution in [2.45, 2.75) is 19.8 Å². The molecule has 1 aliphatic heterocycles. The molecule has 160 valence electrons. The lowest BCUT2D eigenvalue weighted by molar-refractivity contribution is 0.211. The number of carbonyl (C=O) groups is 1. The monoisotopic (exact) mass is 430 g/mol. The molecule has 3 aromatic rings. The van der Waals surface area contributed by atoms with Crippen molar-refractivity contribution >= 4 is 35.4 Å². The molecular weight excluding hydrogens is 404 g/mol. The number of pyridine rings is 1. The number of primary amides is 1. The Kier molecular flexibility index (Phi) is 7.12. The van der Waals surface area contributed by atoms with Gasteiger partial charge in [-0.05, 0) is 37.2 Å². The fraction of sp³-hybridized carbons (Fsp3) is 0.381. The van der Waals surface area contributed by atoms with Gasteiger partial charge in [-0.15, -0.1) is 12.4 Å². The van der Waals surface area contributed by atoms with Crippen LogP contribution in [0.2, 0.25) is 0 Å². The summed E-state index contributed by atoms with van der Waals surface area (Å²) in [7, 11) is 0. The minimum absolute atomic E-state index is 0. The predicted octanol–water partition coefficient (Wildman–Crippen LogP) is 3.43. The van der Waals surface area contributed by atoms with Crippen LogP contribution in [0.1, 0.15) is 19.8 Å². The third-order valence-corrected chi connectivity index (χ3v) is 5.23. The smallest absolute Gasteiger partial charge is 0.408 e. The standard InChI is InChI=1S/C21H26N6O2.ClH/c1-2-3-9-26-10-12-27(13-11-26)18-8-7-15(14-23-18)20-24-16-5-4-6-17(19(16)25-20)29-21(22)28;/h4-8,14H,2-3,9-13H2,1H3,(H2,22,28)(H,24,25);1H. The van der Waals surface area contributed by atoms with E-state index in [9.17, 15) is 4.79 Å². The fourth-order valence-electron chi connectivity index (χ4n) is 3.63. The van der Waals surface area contributed by atoms with Crippen molar-refractivity contribution in [1.29, 1.82) is 0 Å². The summed E-state index contributed by atoms with van der Waals surface area (Å²) >= 11 is 0. The Balaban J connectivity index is 0.00000256. The van der Waals surface area contributed by atoms with Crippen molar-refractivity contribution in [3.63, 3.8) is 0 Å². The van der Waals surface area contributed by atoms with E-state index in [1.165, 1.54) is 19.4 Å². The van der Waals surface area contributed by atoms with Crippen molar-refractivity contribution in [3.05, 3.63) is 36.5 Å². The number of hydrogen-bond acceptors (Lipinski definition) is 6. The third kappa shape index (κ3) is 4.83. The molecule has 9 heteroatoms. The average molecular weight is 431 g/mol. The maximum Gasteiger partial charge on any atom is 0.410 e. The van der Waals surface area contributed by atoms with Gasteiger partial charge in [0.2, 0.25) is 0 Å². The van der Waals surface area contributed by atoms with Gasteiger partial charge in [0.15, 0.2) is 5.75 Å². The Labute approximate surface area is 181 Å². The number of piperazine rings is 1. The molecule has 4 rings (SSSR count). The minimum atomic E-state index is -0.858. The topological polar surface area (TPSA) is 100 Å². The number of carbonyl (C=O) groups excluding carboxylic acids is 1. The molecule has 1 amide bonds. The van der Waals surface area contributed by atoms with E-state index in [0.717, 1.165) is 43.1 Å². The van der Waals surface area contributed by atoms with Crippen LogP contribution < -0.4 is 15.4 Å². The Hall–Kier alpha value is -2.84. The predicted molar refractivity (Wildman–Crippen MR) is 120 cm³/mol. The summed E-state index contributed by atoms with van der Waals surface area (Å²) in [6, 6.07) is 9.37. The zero-order valence-electron chi connectivity index (χ0n) is 17.0. The summed E-state index contributed by atoms with van der Waals surface area (Å²) in [6.45, 7) is 7.56. The number of ether oxygens (including phenoxy) is 1. The van der Waals surface area contributed by atoms with E-state index in [1.54, 1.807) is 12.1 Å². The fourth-order valence-corrected chi connectivity index (χ4v) is 3.63. The normalized spacial score (nSPS) is 14.5. The number of nitrogens with one attached hydrogen (secondary N) is 1. The molecule has 1 aromatic carbocycles. The van der Waals surface area contributed by atoms with Crippen molar-refractivity contribution in [3.8, 4) is 17.1 Å². The van der Waals surface area contributed by atoms with Crippen LogP contribution >= 0.6 is 12.4 Å². The number of aromatic nitrogens is 3. The number of anilines is 1. The van der Waals surface area contributed by atoms with Gasteiger partial charge in [-0.3, -0.25) is 4.90 Å². The maximum atomic E-state index is 11.1. The lowest BCUT2D eigenvalue weighted by atomic mass is 10.2. The number of halogens is 1. The lowest BCUT2D eigenvalue weighted by Crippen LogP contribution is -2.46. The summed E-state index contributed by atoms with van der Waals surface area (Å²) in [5.74, 6) is 1.99. The van der Waals surface area contributed by atoms with E-state index in [-0.39, 0.29) is 12.4 Å². The summed E-state index contributed by atoms with van der Waals surface area (Å²) in [6.07, 6.45) is 3.46. The van der Waals surface area contributed by atoms with Crippen LogP contribution in [0.3, 0.4) is 0 Å². The van der Waals surface area contributed by atoms with Gasteiger partial charge in [-0.1, -0.05) is 19.4 Å². The van der Waals surface area contributed by atoms with Crippen LogP contribution in [0.5, 0.6) is 5.75 Å². The van der Waals surface area contributed by atoms with Gasteiger partial charge in [0.1, 0.15) is 17.2 Å². The Bertz CT molecular complexity index is 983. The van der Waals surface area contributed by atoms with Crippen LogP contribution in [0.15, 0.2) is 36.5 Å². The number of unbranched alkanes of at least 4 members (excludes halogenated alkanes) is 1. The molecule has 0 aliphatic carbocycles. The van der Waals surface area contributed by atoms with Gasteiger partial charge in [0.05, 0.1) is 5.52 Å². The summed E-state index contributed by atoms with van der Waals surface area (Å²) in [5.41, 5.74) is 7.34. The average Bonchev–Trinajstić information content (AvgIpc) is 3.18. The molecule has 3 heterocycles. The highest BCUT2D eigenvalue weighted by Crippen LogP contribution is 2.27. The molecule has 2 aromatic heterocycles. The van der Waals surface area contributed by atoms with Gasteiger partial charge in [0, 0.05) is 37.9 Å². The number of para-hydroxylation sites is 1. The van der Waals surface area contributed by atoms with Crippen LogP contribution in [-0.4, -0.2) is 58.7 Å². The minimum Gasteiger partial charge on any atom is -0.408 e. The molecule has 3 N–H and O–H groups in total. The van der Waals surface area contributed by atoms with Gasteiger partial charge in [0.25, 0.3) is 0 Å². The van der Waals surface area contributed by atoms with Crippen molar-refractivity contribution < 1.29 is 9.53 Å². The van der Waals surface area contributed by atoms with Gasteiger partial charge < -0.3 is 20.4 Å². The number of fused-ring (bicyclic) bond motifs is 1. The Morgan fingerprint density at radius 3 is 2.67 bits per heavy atom. The highest BCUT2D eigenvalue weighted by molar-refractivity contribution is 5.87. The third-order valence-electron chi connectivity index (χ3n) is 5.23. The Morgan fingerprint density at radius 1 is 1.20 bits per heavy atom. The van der Waals surface area contributed by atoms with Crippen LogP contribution in [0.25, 0.3) is 22.4 Å². The number of imidazole rings is 1. The first-order valence-corrected chi connectivity index (χ1v) is 10.0. The molecule has 0 radical (unpaired) electrons. The number of H-pyrrole nitrogens is 1. The molecule has 0 saturated carbocycles. The summed E-state index contributed by atoms with van der Waals surface area (Å²) in [5, 5.41) is 0. The van der Waals surface area contributed by atoms with Crippen LogP contribution in [0.4, 0.5) is 10.6 Å². The van der Waals surface area contributed by atoms with Gasteiger partial charge >= 0.3 is 6.09 Å². The van der Waals surface area contributed by atoms with Crippen molar-refractivity contribution in [2.24, 2.45) is 5.73 Å². The van der Waals surface area contributed by atoms with E-state index in [4.69, 9.17) is 10.5 Å². The summed E-state index contributed by atoms with van der Waals surface area (Å²) < 4.78 is 5.04. The SMILES string of the molecule is CCCCN1CCN(c2ccc(-c3nc4c(OC(N)=O)cccc4[nH]3)cn2)CC1.Cl. The molecule has 1 fully saturated rings. The number of rotatable bonds is 6. The highest BCUT2D eigenvalue weighted by Gasteiger charge is 2.18. The van der Waals surface area contributed by atoms with E-state index in [2.05, 4.69) is 31.7 Å². The number of nitrogens with two attached hydrogens (primary N) is 1. The van der Waals surface area contributed by atoms with Gasteiger partial charge in [-0.25, -0.2) is 14.8 Å². The van der Waals surface area contributed by atoms with Crippen molar-refractivity contribution in [2.75, 3.05) is 37.6 Å². The first kappa shape index (κ1) is 21.9. The number of nitrogens with zero attached hydrogens (tertiary/aromatic N) is 4. The van der Waals surface area contributed by atoms with E-state index < -0.39 is 6.09 Å². The zero-order chi connectivity index (χ0) is 20.2. The van der Waals surface area contributed by atoms with E-state index in [1.807, 2.05) is 24.4 Å². The number of hydrogen-bond donors (Lipinski definition) is 2. The molecule has 0 spiro atoms. The summed E-state index contributed by atoms with van der Waals surface area (Å²) in [4.78, 5) is 28.4. The molecule has 1 saturated heterocycles. The second-order valence-corrected chi connectivity index (χ2v) is 7.25. The largest absolute Gasteiger partial charge is 0.410 e. The molecule has 0 unspecified atom stereocenters. The molecule has 30 heavy (non-hydrogen) atoms. The molecular formula is C21H27ClN6O2. The lowest BCUT2D eigenvalue weighted by Gasteiger charge is -2.35. The molecule has 8 nitrogen and oxygen atoms in total. The maximum absolute atomic E-state index is 11.1. The first-order chi connectivity index (χ1) is 14.1. The van der Waals surface area contributed by atoms with Crippen LogP contribution in [0, 0.1) is 0 Å². The first-order valence-electron chi connectivity index (χ1n) is 10.0. The van der Waals surface area contributed by atoms with E-state index >= 15 is 0 Å². The Morgan fingerprint density at radius 2 is 2.00 bits per heavy atom. The quantitative estimate of drug-likeness (QED) is 0.621. The zero-order valence-corrected chi connectivity index (χ0v) is 17.8. The van der Waals surface area contributed by atoms with Crippen molar-refractivity contribution in [1.82, 2.24) is 19.9 Å². The van der Waals surface area contributed by atoms with Gasteiger partial charge in [-0.2, -0.15) is 0 Å². The second kappa shape index (κ2) is 9.77. The second-order valence-electron chi connectivity index (χ2n) is 7.25. The number of benzene rings is 1. The number of amides is 1. The van der Waals surface area contributed by atoms with E-state index in [0.29, 0.717) is 17.1 Å². The van der Waals surface area contributed by atoms with Crippen LogP contribution in [-0.2, 0) is 0 Å².